The fourth-order valence-corrected chi connectivity index (χ4v) is 4.40. The Morgan fingerprint density at radius 2 is 1.03 bits per heavy atom. The van der Waals surface area contributed by atoms with Crippen LogP contribution in [0.15, 0.2) is 99.9 Å². The lowest BCUT2D eigenvalue weighted by atomic mass is 10.1. The highest BCUT2D eigenvalue weighted by Crippen LogP contribution is 2.35. The maximum atomic E-state index is 3.62. The first-order chi connectivity index (χ1) is 14.2. The molecule has 29 heavy (non-hydrogen) atoms. The third kappa shape index (κ3) is 3.77. The highest BCUT2D eigenvalue weighted by atomic mass is 79.9. The number of halogens is 2. The van der Waals surface area contributed by atoms with Crippen molar-refractivity contribution in [3.8, 4) is 16.8 Å². The predicted molar refractivity (Wildman–Crippen MR) is 133 cm³/mol. The molecule has 0 bridgehead atoms. The van der Waals surface area contributed by atoms with Crippen molar-refractivity contribution >= 4 is 53.7 Å². The van der Waals surface area contributed by atoms with Gasteiger partial charge in [-0.2, -0.15) is 0 Å². The van der Waals surface area contributed by atoms with E-state index < -0.39 is 0 Å². The van der Waals surface area contributed by atoms with Gasteiger partial charge in [0, 0.05) is 25.4 Å². The molecule has 1 heterocycles. The monoisotopic (exact) mass is 505 g/mol. The van der Waals surface area contributed by atoms with Gasteiger partial charge in [-0.25, -0.2) is 0 Å². The Morgan fingerprint density at radius 3 is 1.55 bits per heavy atom. The van der Waals surface area contributed by atoms with Gasteiger partial charge in [0.15, 0.2) is 0 Å². The predicted octanol–water partition coefficient (Wildman–Crippen LogP) is 9.00. The summed E-state index contributed by atoms with van der Waals surface area (Å²) >= 11 is 7.23. The van der Waals surface area contributed by atoms with Gasteiger partial charge in [0.1, 0.15) is 0 Å². The molecule has 0 amide bonds. The minimum Gasteiger partial charge on any atom is -0.309 e. The minimum absolute atomic E-state index is 1.09. The topological polar surface area (TPSA) is 4.93 Å². The lowest BCUT2D eigenvalue weighted by Gasteiger charge is -2.09. The lowest BCUT2D eigenvalue weighted by Crippen LogP contribution is -1.93. The molecule has 1 aromatic heterocycles. The number of benzene rings is 4. The van der Waals surface area contributed by atoms with E-state index >= 15 is 0 Å². The molecule has 0 radical (unpaired) electrons. The summed E-state index contributed by atoms with van der Waals surface area (Å²) < 4.78 is 4.51. The maximum absolute atomic E-state index is 3.62. The highest BCUT2D eigenvalue weighted by molar-refractivity contribution is 9.10. The lowest BCUT2D eigenvalue weighted by molar-refractivity contribution is 1.18. The fourth-order valence-electron chi connectivity index (χ4n) is 3.68. The molecule has 0 saturated carbocycles. The number of rotatable bonds is 2. The van der Waals surface area contributed by atoms with E-state index in [4.69, 9.17) is 0 Å². The third-order valence-corrected chi connectivity index (χ3v) is 5.91. The Balaban J connectivity index is 0.000000994. The first kappa shape index (κ1) is 19.9. The number of nitrogens with zero attached hydrogens (tertiary/aromatic N) is 1. The summed E-state index contributed by atoms with van der Waals surface area (Å²) in [7, 11) is 0. The Labute approximate surface area is 188 Å². The van der Waals surface area contributed by atoms with Crippen LogP contribution in [0.5, 0.6) is 0 Å². The first-order valence-electron chi connectivity index (χ1n) is 9.76. The summed E-state index contributed by atoms with van der Waals surface area (Å²) in [4.78, 5) is 0. The summed E-state index contributed by atoms with van der Waals surface area (Å²) in [6.07, 6.45) is 0. The molecule has 0 aliphatic rings. The van der Waals surface area contributed by atoms with Crippen LogP contribution < -0.4 is 0 Å². The molecule has 0 saturated heterocycles. The zero-order valence-corrected chi connectivity index (χ0v) is 19.5. The van der Waals surface area contributed by atoms with Crippen LogP contribution in [0.25, 0.3) is 38.6 Å². The Kier molecular flexibility index (Phi) is 5.89. The van der Waals surface area contributed by atoms with Gasteiger partial charge in [0.25, 0.3) is 0 Å². The van der Waals surface area contributed by atoms with Crippen LogP contribution in [0.3, 0.4) is 0 Å². The van der Waals surface area contributed by atoms with E-state index in [9.17, 15) is 0 Å². The zero-order chi connectivity index (χ0) is 20.4. The van der Waals surface area contributed by atoms with Gasteiger partial charge < -0.3 is 4.57 Å². The van der Waals surface area contributed by atoms with Crippen LogP contribution in [0.4, 0.5) is 0 Å². The van der Waals surface area contributed by atoms with Gasteiger partial charge in [-0.1, -0.05) is 88.2 Å². The van der Waals surface area contributed by atoms with Gasteiger partial charge in [-0.3, -0.25) is 0 Å². The van der Waals surface area contributed by atoms with Gasteiger partial charge in [-0.05, 0) is 59.7 Å². The summed E-state index contributed by atoms with van der Waals surface area (Å²) in [5.74, 6) is 0. The van der Waals surface area contributed by atoms with Gasteiger partial charge in [0.2, 0.25) is 0 Å². The Morgan fingerprint density at radius 1 is 0.552 bits per heavy atom. The van der Waals surface area contributed by atoms with Crippen molar-refractivity contribution in [1.82, 2.24) is 4.57 Å². The van der Waals surface area contributed by atoms with E-state index in [1.54, 1.807) is 0 Å². The largest absolute Gasteiger partial charge is 0.309 e. The van der Waals surface area contributed by atoms with E-state index in [0.717, 1.165) is 8.95 Å². The number of aromatic nitrogens is 1. The van der Waals surface area contributed by atoms with Crippen LogP contribution in [0.2, 0.25) is 0 Å². The molecule has 0 N–H and O–H groups in total. The molecule has 144 valence electrons. The van der Waals surface area contributed by atoms with Crippen molar-refractivity contribution in [2.24, 2.45) is 0 Å². The second-order valence-corrected chi connectivity index (χ2v) is 8.40. The molecular weight excluding hydrogens is 486 g/mol. The van der Waals surface area contributed by atoms with Crippen LogP contribution in [-0.2, 0) is 0 Å². The van der Waals surface area contributed by atoms with Crippen molar-refractivity contribution in [2.45, 2.75) is 13.8 Å². The van der Waals surface area contributed by atoms with Crippen molar-refractivity contribution in [2.75, 3.05) is 0 Å². The standard InChI is InChI=1S/C24H15Br2N.C2H6/c25-18-8-12-23-21(14-18)22-15-19(26)9-13-24(22)27(23)20-10-6-17(7-11-20)16-4-2-1-3-5-16;1-2/h1-15H;1-2H3. The van der Waals surface area contributed by atoms with Crippen molar-refractivity contribution in [3.63, 3.8) is 0 Å². The van der Waals surface area contributed by atoms with Crippen molar-refractivity contribution in [3.05, 3.63) is 99.9 Å². The molecule has 1 nitrogen and oxygen atoms in total. The molecule has 0 unspecified atom stereocenters. The number of fused-ring (bicyclic) bond motifs is 3. The summed E-state index contributed by atoms with van der Waals surface area (Å²) in [6, 6.07) is 32.2. The quantitative estimate of drug-likeness (QED) is 0.225. The molecule has 0 fully saturated rings. The van der Waals surface area contributed by atoms with Gasteiger partial charge >= 0.3 is 0 Å². The van der Waals surface area contributed by atoms with Crippen molar-refractivity contribution in [1.29, 1.82) is 0 Å². The summed E-state index contributed by atoms with van der Waals surface area (Å²) in [5.41, 5.74) is 6.04. The molecule has 5 rings (SSSR count). The van der Waals surface area contributed by atoms with Crippen LogP contribution in [0.1, 0.15) is 13.8 Å². The summed E-state index contributed by atoms with van der Waals surface area (Å²) in [6.45, 7) is 4.00. The Hall–Kier alpha value is -2.36. The third-order valence-electron chi connectivity index (χ3n) is 4.92. The second kappa shape index (κ2) is 8.56. The smallest absolute Gasteiger partial charge is 0.0541 e. The average Bonchev–Trinajstić information content (AvgIpc) is 3.09. The van der Waals surface area contributed by atoms with E-state index in [0.29, 0.717) is 0 Å². The molecule has 4 aromatic carbocycles. The molecule has 3 heteroatoms. The molecule has 0 aliphatic heterocycles. The molecule has 5 aromatic rings. The van der Waals surface area contributed by atoms with Crippen LogP contribution >= 0.6 is 31.9 Å². The second-order valence-electron chi connectivity index (χ2n) is 6.57. The fraction of sp³-hybridized carbons (Fsp3) is 0.0769. The highest BCUT2D eigenvalue weighted by Gasteiger charge is 2.13. The molecule has 0 aliphatic carbocycles. The average molecular weight is 507 g/mol. The van der Waals surface area contributed by atoms with E-state index in [-0.39, 0.29) is 0 Å². The number of hydrogen-bond donors (Lipinski definition) is 0. The van der Waals surface area contributed by atoms with Crippen LogP contribution in [0, 0.1) is 0 Å². The zero-order valence-electron chi connectivity index (χ0n) is 16.4. The van der Waals surface area contributed by atoms with E-state index in [2.05, 4.69) is 121 Å². The summed E-state index contributed by atoms with van der Waals surface area (Å²) in [5, 5.41) is 2.49. The van der Waals surface area contributed by atoms with Gasteiger partial charge in [0.05, 0.1) is 11.0 Å². The Bertz CT molecular complexity index is 1210. The maximum Gasteiger partial charge on any atom is 0.0541 e. The molecule has 0 spiro atoms. The van der Waals surface area contributed by atoms with Crippen molar-refractivity contribution < 1.29 is 0 Å². The minimum atomic E-state index is 1.09. The molecular formula is C26H21Br2N. The van der Waals surface area contributed by atoms with Crippen LogP contribution in [-0.4, -0.2) is 4.57 Å². The normalized spacial score (nSPS) is 10.8. The number of hydrogen-bond acceptors (Lipinski definition) is 0. The van der Waals surface area contributed by atoms with E-state index in [1.165, 1.54) is 38.6 Å². The molecule has 0 atom stereocenters. The first-order valence-corrected chi connectivity index (χ1v) is 11.3. The SMILES string of the molecule is Brc1ccc2c(c1)c1cc(Br)ccc1n2-c1ccc(-c2ccccc2)cc1.CC. The van der Waals surface area contributed by atoms with Gasteiger partial charge in [-0.15, -0.1) is 0 Å². The van der Waals surface area contributed by atoms with E-state index in [1.807, 2.05) is 19.9 Å².